The molecule has 2 aliphatic heterocycles. The van der Waals surface area contributed by atoms with Crippen molar-refractivity contribution < 1.29 is 42.0 Å². The molecule has 3 aromatic carbocycles. The van der Waals surface area contributed by atoms with Gasteiger partial charge in [-0.1, -0.05) is 30.3 Å². The lowest BCUT2D eigenvalue weighted by Crippen LogP contribution is -2.44. The summed E-state index contributed by atoms with van der Waals surface area (Å²) >= 11 is 0.677. The van der Waals surface area contributed by atoms with Gasteiger partial charge in [0.2, 0.25) is 11.7 Å². The molecule has 14 heteroatoms. The summed E-state index contributed by atoms with van der Waals surface area (Å²) in [4.78, 5) is 51.8. The molecular formula is C30H24F3N3O7S. The van der Waals surface area contributed by atoms with Crippen molar-refractivity contribution in [2.75, 3.05) is 19.7 Å². The largest absolute Gasteiger partial charge is 0.490 e. The minimum Gasteiger partial charge on any atom is -0.490 e. The van der Waals surface area contributed by atoms with Crippen molar-refractivity contribution in [3.8, 4) is 17.2 Å². The third-order valence-corrected chi connectivity index (χ3v) is 7.83. The number of nitrogens with zero attached hydrogens (tertiary/aromatic N) is 3. The Morgan fingerprint density at radius 1 is 1.05 bits per heavy atom. The number of halogens is 3. The highest BCUT2D eigenvalue weighted by Gasteiger charge is 2.38. The SMILES string of the molecule is CCOc1cc(/C=C2/SC(=O)N(CC(=O)N3CCc4ccccc4C3)C2=O)ccc1Oc1ccc(C(F)(F)F)cc1[N+](=O)[O-]. The zero-order chi connectivity index (χ0) is 31.6. The van der Waals surface area contributed by atoms with E-state index < -0.39 is 45.8 Å². The lowest BCUT2D eigenvalue weighted by Gasteiger charge is -2.29. The minimum atomic E-state index is -4.78. The maximum atomic E-state index is 13.1. The van der Waals surface area contributed by atoms with Gasteiger partial charge in [-0.25, -0.2) is 0 Å². The molecule has 228 valence electrons. The first-order valence-electron chi connectivity index (χ1n) is 13.3. The summed E-state index contributed by atoms with van der Waals surface area (Å²) in [6.07, 6.45) is -2.67. The van der Waals surface area contributed by atoms with Crippen LogP contribution in [-0.2, 0) is 28.7 Å². The van der Waals surface area contributed by atoms with Crippen molar-refractivity contribution in [3.63, 3.8) is 0 Å². The molecule has 2 aliphatic rings. The molecule has 3 aromatic rings. The fourth-order valence-corrected chi connectivity index (χ4v) is 5.58. The molecule has 0 saturated carbocycles. The van der Waals surface area contributed by atoms with Crippen LogP contribution < -0.4 is 9.47 Å². The van der Waals surface area contributed by atoms with E-state index in [1.807, 2.05) is 24.3 Å². The normalized spacial score (nSPS) is 15.9. The van der Waals surface area contributed by atoms with Crippen molar-refractivity contribution in [2.45, 2.75) is 26.1 Å². The third-order valence-electron chi connectivity index (χ3n) is 6.92. The highest BCUT2D eigenvalue weighted by molar-refractivity contribution is 8.18. The number of benzene rings is 3. The molecule has 0 aromatic heterocycles. The molecule has 3 amide bonds. The average Bonchev–Trinajstić information content (AvgIpc) is 3.24. The maximum Gasteiger partial charge on any atom is 0.416 e. The molecule has 5 rings (SSSR count). The van der Waals surface area contributed by atoms with Crippen LogP contribution >= 0.6 is 11.8 Å². The molecule has 2 heterocycles. The second kappa shape index (κ2) is 12.4. The van der Waals surface area contributed by atoms with E-state index in [2.05, 4.69) is 0 Å². The van der Waals surface area contributed by atoms with Gasteiger partial charge in [-0.2, -0.15) is 13.2 Å². The summed E-state index contributed by atoms with van der Waals surface area (Å²) < 4.78 is 50.4. The van der Waals surface area contributed by atoms with Crippen LogP contribution in [-0.4, -0.2) is 51.5 Å². The summed E-state index contributed by atoms with van der Waals surface area (Å²) in [5.41, 5.74) is 0.502. The zero-order valence-corrected chi connectivity index (χ0v) is 23.9. The van der Waals surface area contributed by atoms with Crippen LogP contribution in [0, 0.1) is 10.1 Å². The third kappa shape index (κ3) is 6.54. The monoisotopic (exact) mass is 627 g/mol. The van der Waals surface area contributed by atoms with Crippen LogP contribution in [0.25, 0.3) is 6.08 Å². The summed E-state index contributed by atoms with van der Waals surface area (Å²) in [5.74, 6) is -1.34. The predicted molar refractivity (Wildman–Crippen MR) is 154 cm³/mol. The van der Waals surface area contributed by atoms with Gasteiger partial charge in [-0.3, -0.25) is 29.4 Å². The highest BCUT2D eigenvalue weighted by Crippen LogP contribution is 2.41. The van der Waals surface area contributed by atoms with Crippen LogP contribution in [0.4, 0.5) is 23.7 Å². The van der Waals surface area contributed by atoms with Gasteiger partial charge < -0.3 is 14.4 Å². The molecule has 0 N–H and O–H groups in total. The summed E-state index contributed by atoms with van der Waals surface area (Å²) in [7, 11) is 0. The van der Waals surface area contributed by atoms with E-state index in [1.54, 1.807) is 11.8 Å². The van der Waals surface area contributed by atoms with Gasteiger partial charge in [0.1, 0.15) is 6.54 Å². The van der Waals surface area contributed by atoms with E-state index in [9.17, 15) is 37.7 Å². The molecule has 0 bridgehead atoms. The Morgan fingerprint density at radius 3 is 2.48 bits per heavy atom. The molecular weight excluding hydrogens is 603 g/mol. The molecule has 1 fully saturated rings. The van der Waals surface area contributed by atoms with E-state index in [0.717, 1.165) is 22.1 Å². The number of nitro benzene ring substituents is 1. The number of amides is 3. The van der Waals surface area contributed by atoms with E-state index >= 15 is 0 Å². The Kier molecular flexibility index (Phi) is 8.63. The molecule has 0 spiro atoms. The van der Waals surface area contributed by atoms with Crippen LogP contribution in [0.3, 0.4) is 0 Å². The number of imide groups is 1. The highest BCUT2D eigenvalue weighted by atomic mass is 32.2. The summed E-state index contributed by atoms with van der Waals surface area (Å²) in [6, 6.07) is 14.0. The van der Waals surface area contributed by atoms with E-state index in [4.69, 9.17) is 9.47 Å². The Labute approximate surface area is 253 Å². The Balaban J connectivity index is 1.32. The van der Waals surface area contributed by atoms with Crippen LogP contribution in [0.15, 0.2) is 65.6 Å². The summed E-state index contributed by atoms with van der Waals surface area (Å²) in [5, 5.41) is 10.9. The fraction of sp³-hybridized carbons (Fsp3) is 0.233. The molecule has 1 saturated heterocycles. The smallest absolute Gasteiger partial charge is 0.416 e. The topological polar surface area (TPSA) is 119 Å². The minimum absolute atomic E-state index is 0.0198. The number of rotatable bonds is 8. The number of hydrogen-bond donors (Lipinski definition) is 0. The quantitative estimate of drug-likeness (QED) is 0.159. The average molecular weight is 628 g/mol. The number of thioether (sulfide) groups is 1. The van der Waals surface area contributed by atoms with E-state index in [-0.39, 0.29) is 28.9 Å². The lowest BCUT2D eigenvalue weighted by molar-refractivity contribution is -0.385. The van der Waals surface area contributed by atoms with Crippen molar-refractivity contribution in [2.24, 2.45) is 0 Å². The van der Waals surface area contributed by atoms with Gasteiger partial charge in [-0.15, -0.1) is 0 Å². The Hall–Kier alpha value is -4.85. The first-order valence-corrected chi connectivity index (χ1v) is 14.2. The summed E-state index contributed by atoms with van der Waals surface area (Å²) in [6.45, 7) is 2.29. The van der Waals surface area contributed by atoms with Gasteiger partial charge in [0.15, 0.2) is 11.5 Å². The van der Waals surface area contributed by atoms with Gasteiger partial charge in [-0.05, 0) is 72.1 Å². The number of hydrogen-bond acceptors (Lipinski definition) is 8. The number of ether oxygens (including phenoxy) is 2. The maximum absolute atomic E-state index is 13.1. The first kappa shape index (κ1) is 30.6. The number of nitro groups is 1. The van der Waals surface area contributed by atoms with Crippen LogP contribution in [0.1, 0.15) is 29.2 Å². The first-order chi connectivity index (χ1) is 20.9. The van der Waals surface area contributed by atoms with Crippen molar-refractivity contribution >= 4 is 40.6 Å². The van der Waals surface area contributed by atoms with Gasteiger partial charge >= 0.3 is 11.9 Å². The molecule has 0 aliphatic carbocycles. The molecule has 44 heavy (non-hydrogen) atoms. The molecule has 0 unspecified atom stereocenters. The number of fused-ring (bicyclic) bond motifs is 1. The van der Waals surface area contributed by atoms with Crippen molar-refractivity contribution in [1.82, 2.24) is 9.80 Å². The molecule has 10 nitrogen and oxygen atoms in total. The second-order valence-electron chi connectivity index (χ2n) is 9.78. The van der Waals surface area contributed by atoms with E-state index in [1.165, 1.54) is 24.3 Å². The van der Waals surface area contributed by atoms with Crippen LogP contribution in [0.5, 0.6) is 17.2 Å². The number of alkyl halides is 3. The Bertz CT molecular complexity index is 1690. The van der Waals surface area contributed by atoms with Gasteiger partial charge in [0.05, 0.1) is 22.0 Å². The molecule has 0 atom stereocenters. The standard InChI is InChI=1S/C30H24F3N3O7S/c1-2-42-25-13-18(7-9-24(25)43-23-10-8-21(30(31,32)33)15-22(23)36(40)41)14-26-28(38)35(29(39)44-26)17-27(37)34-12-11-19-5-3-4-6-20(19)16-34/h3-10,13-15H,2,11-12,16-17H2,1H3/b26-14+. The fourth-order valence-electron chi connectivity index (χ4n) is 4.74. The van der Waals surface area contributed by atoms with Gasteiger partial charge in [0, 0.05) is 19.2 Å². The van der Waals surface area contributed by atoms with Gasteiger partial charge in [0.25, 0.3) is 11.1 Å². The Morgan fingerprint density at radius 2 is 1.77 bits per heavy atom. The second-order valence-corrected chi connectivity index (χ2v) is 10.8. The van der Waals surface area contributed by atoms with Crippen molar-refractivity contribution in [1.29, 1.82) is 0 Å². The van der Waals surface area contributed by atoms with E-state index in [0.29, 0.717) is 49.0 Å². The molecule has 0 radical (unpaired) electrons. The zero-order valence-electron chi connectivity index (χ0n) is 23.1. The van der Waals surface area contributed by atoms with Crippen LogP contribution in [0.2, 0.25) is 0 Å². The number of carbonyl (C=O) groups excluding carboxylic acids is 3. The number of carbonyl (C=O) groups is 3. The lowest BCUT2D eigenvalue weighted by atomic mass is 10.00. The predicted octanol–water partition coefficient (Wildman–Crippen LogP) is 6.43. The van der Waals surface area contributed by atoms with Crippen molar-refractivity contribution in [3.05, 3.63) is 97.9 Å².